The van der Waals surface area contributed by atoms with Crippen molar-refractivity contribution < 1.29 is 22.7 Å². The van der Waals surface area contributed by atoms with E-state index in [9.17, 15) is 18.0 Å². The van der Waals surface area contributed by atoms with E-state index < -0.39 is 17.2 Å². The lowest BCUT2D eigenvalue weighted by atomic mass is 10.1. The van der Waals surface area contributed by atoms with E-state index >= 15 is 0 Å². The zero-order chi connectivity index (χ0) is 14.2. The van der Waals surface area contributed by atoms with E-state index in [1.165, 1.54) is 7.11 Å². The molecule has 0 aliphatic rings. The number of aryl methyl sites for hydroxylation is 1. The Kier molecular flexibility index (Phi) is 3.64. The molecule has 2 heterocycles. The number of nitrogens with zero attached hydrogens (tertiary/aromatic N) is 1. The molecule has 3 nitrogen and oxygen atoms in total. The smallest absolute Gasteiger partial charge is 0.443 e. The van der Waals surface area contributed by atoms with Crippen LogP contribution in [0.1, 0.15) is 20.2 Å². The van der Waals surface area contributed by atoms with Crippen LogP contribution >= 0.6 is 22.7 Å². The first-order chi connectivity index (χ1) is 8.84. The fraction of sp³-hybridized carbons (Fsp3) is 0.273. The van der Waals surface area contributed by atoms with Crippen LogP contribution in [0.4, 0.5) is 13.2 Å². The van der Waals surface area contributed by atoms with E-state index in [4.69, 9.17) is 0 Å². The van der Waals surface area contributed by atoms with Crippen molar-refractivity contribution in [3.63, 3.8) is 0 Å². The van der Waals surface area contributed by atoms with Gasteiger partial charge in [0.1, 0.15) is 4.88 Å². The Hall–Kier alpha value is -1.41. The molecule has 0 saturated heterocycles. The molecule has 102 valence electrons. The van der Waals surface area contributed by atoms with Gasteiger partial charge in [0.05, 0.1) is 12.0 Å². The predicted molar refractivity (Wildman–Crippen MR) is 66.5 cm³/mol. The molecule has 0 saturated carbocycles. The van der Waals surface area contributed by atoms with Gasteiger partial charge in [-0.25, -0.2) is 9.78 Å². The number of alkyl halides is 3. The minimum atomic E-state index is -4.47. The first-order valence-corrected chi connectivity index (χ1v) is 6.74. The first kappa shape index (κ1) is 14.0. The molecule has 0 unspecified atom stereocenters. The highest BCUT2D eigenvalue weighted by Gasteiger charge is 2.35. The third-order valence-electron chi connectivity index (χ3n) is 2.34. The fourth-order valence-corrected chi connectivity index (χ4v) is 3.46. The molecule has 0 radical (unpaired) electrons. The minimum Gasteiger partial charge on any atom is -0.465 e. The summed E-state index contributed by atoms with van der Waals surface area (Å²) in [6.45, 7) is 1.73. The quantitative estimate of drug-likeness (QED) is 0.788. The summed E-state index contributed by atoms with van der Waals surface area (Å²) in [6, 6.07) is 0. The number of hydrogen-bond donors (Lipinski definition) is 0. The number of ether oxygens (including phenoxy) is 1. The summed E-state index contributed by atoms with van der Waals surface area (Å²) < 4.78 is 42.2. The molecule has 0 spiro atoms. The Balaban J connectivity index is 2.50. The van der Waals surface area contributed by atoms with Crippen LogP contribution in [0.2, 0.25) is 0 Å². The van der Waals surface area contributed by atoms with Crippen LogP contribution in [0.5, 0.6) is 0 Å². The number of methoxy groups -OCH3 is 1. The average molecular weight is 307 g/mol. The standard InChI is InChI=1S/C11H8F3NO2S2/c1-5-4-18-8(9(16)17-2)7(5)6-3-15-10(19-6)11(12,13)14/h3-4H,1-2H3. The van der Waals surface area contributed by atoms with Crippen molar-refractivity contribution in [2.24, 2.45) is 0 Å². The van der Waals surface area contributed by atoms with Gasteiger partial charge in [-0.15, -0.1) is 22.7 Å². The third-order valence-corrected chi connectivity index (χ3v) is 4.48. The number of esters is 1. The van der Waals surface area contributed by atoms with Crippen molar-refractivity contribution in [2.75, 3.05) is 7.11 Å². The lowest BCUT2D eigenvalue weighted by molar-refractivity contribution is -0.137. The Morgan fingerprint density at radius 2 is 2.11 bits per heavy atom. The van der Waals surface area contributed by atoms with Crippen LogP contribution in [0, 0.1) is 6.92 Å². The molecule has 0 aliphatic heterocycles. The van der Waals surface area contributed by atoms with Gasteiger partial charge < -0.3 is 4.74 Å². The highest BCUT2D eigenvalue weighted by Crippen LogP contribution is 2.40. The molecule has 2 aromatic rings. The highest BCUT2D eigenvalue weighted by molar-refractivity contribution is 7.16. The molecule has 0 aromatic carbocycles. The Bertz CT molecular complexity index is 616. The molecule has 0 amide bonds. The van der Waals surface area contributed by atoms with Gasteiger partial charge in [-0.3, -0.25) is 0 Å². The second-order valence-corrected chi connectivity index (χ2v) is 5.55. The number of halogens is 3. The minimum absolute atomic E-state index is 0.289. The van der Waals surface area contributed by atoms with Gasteiger partial charge in [0.15, 0.2) is 5.01 Å². The summed E-state index contributed by atoms with van der Waals surface area (Å²) >= 11 is 1.66. The van der Waals surface area contributed by atoms with Crippen molar-refractivity contribution in [3.05, 3.63) is 27.0 Å². The third kappa shape index (κ3) is 2.64. The maximum Gasteiger partial charge on any atom is 0.443 e. The largest absolute Gasteiger partial charge is 0.465 e. The average Bonchev–Trinajstić information content (AvgIpc) is 2.93. The Morgan fingerprint density at radius 1 is 1.42 bits per heavy atom. The molecule has 8 heteroatoms. The number of hydrogen-bond acceptors (Lipinski definition) is 5. The van der Waals surface area contributed by atoms with Gasteiger partial charge in [0.25, 0.3) is 0 Å². The summed E-state index contributed by atoms with van der Waals surface area (Å²) in [4.78, 5) is 15.5. The Morgan fingerprint density at radius 3 is 2.63 bits per heavy atom. The van der Waals surface area contributed by atoms with Gasteiger partial charge in [-0.2, -0.15) is 13.2 Å². The SMILES string of the molecule is COC(=O)c1scc(C)c1-c1cnc(C(F)(F)F)s1. The van der Waals surface area contributed by atoms with Gasteiger partial charge in [0.2, 0.25) is 0 Å². The number of carbonyl (C=O) groups excluding carboxylic acids is 1. The monoisotopic (exact) mass is 307 g/mol. The van der Waals surface area contributed by atoms with Crippen molar-refractivity contribution in [1.29, 1.82) is 0 Å². The van der Waals surface area contributed by atoms with Crippen molar-refractivity contribution in [1.82, 2.24) is 4.98 Å². The van der Waals surface area contributed by atoms with Crippen LogP contribution in [0.15, 0.2) is 11.6 Å². The number of aromatic nitrogens is 1. The zero-order valence-electron chi connectivity index (χ0n) is 9.87. The molecular weight excluding hydrogens is 299 g/mol. The number of thiophene rings is 1. The molecule has 0 fully saturated rings. The van der Waals surface area contributed by atoms with Gasteiger partial charge >= 0.3 is 12.1 Å². The molecule has 2 rings (SSSR count). The van der Waals surface area contributed by atoms with Crippen molar-refractivity contribution in [3.8, 4) is 10.4 Å². The van der Waals surface area contributed by atoms with Gasteiger partial charge in [-0.05, 0) is 17.9 Å². The zero-order valence-corrected chi connectivity index (χ0v) is 11.5. The van der Waals surface area contributed by atoms with E-state index in [0.717, 1.165) is 23.1 Å². The molecule has 2 aromatic heterocycles. The number of rotatable bonds is 2. The second-order valence-electron chi connectivity index (χ2n) is 3.64. The predicted octanol–water partition coefficient (Wildman–Crippen LogP) is 3.99. The van der Waals surface area contributed by atoms with E-state index in [-0.39, 0.29) is 4.88 Å². The summed E-state index contributed by atoms with van der Waals surface area (Å²) in [6.07, 6.45) is -3.34. The summed E-state index contributed by atoms with van der Waals surface area (Å²) in [5.74, 6) is -0.560. The van der Waals surface area contributed by atoms with Crippen LogP contribution in [0.3, 0.4) is 0 Å². The summed E-state index contributed by atoms with van der Waals surface area (Å²) in [7, 11) is 1.23. The van der Waals surface area contributed by atoms with Gasteiger partial charge in [0, 0.05) is 11.8 Å². The van der Waals surface area contributed by atoms with Crippen molar-refractivity contribution >= 4 is 28.6 Å². The van der Waals surface area contributed by atoms with Crippen molar-refractivity contribution in [2.45, 2.75) is 13.1 Å². The van der Waals surface area contributed by atoms with E-state index in [0.29, 0.717) is 21.8 Å². The van der Waals surface area contributed by atoms with Crippen LogP contribution in [0.25, 0.3) is 10.4 Å². The maximum absolute atomic E-state index is 12.5. The molecule has 0 N–H and O–H groups in total. The van der Waals surface area contributed by atoms with E-state index in [1.807, 2.05) is 0 Å². The normalized spacial score (nSPS) is 11.6. The topological polar surface area (TPSA) is 39.2 Å². The number of thiazole rings is 1. The van der Waals surface area contributed by atoms with E-state index in [2.05, 4.69) is 9.72 Å². The molecule has 19 heavy (non-hydrogen) atoms. The molecule has 0 bridgehead atoms. The van der Waals surface area contributed by atoms with E-state index in [1.54, 1.807) is 12.3 Å². The lowest BCUT2D eigenvalue weighted by Crippen LogP contribution is -2.02. The number of carbonyl (C=O) groups is 1. The van der Waals surface area contributed by atoms with Crippen LogP contribution in [-0.4, -0.2) is 18.1 Å². The van der Waals surface area contributed by atoms with Gasteiger partial charge in [-0.1, -0.05) is 0 Å². The summed E-state index contributed by atoms with van der Waals surface area (Å²) in [5, 5.41) is 0.776. The highest BCUT2D eigenvalue weighted by atomic mass is 32.1. The fourth-order valence-electron chi connectivity index (χ4n) is 1.51. The molecule has 0 atom stereocenters. The first-order valence-electron chi connectivity index (χ1n) is 5.04. The molecule has 0 aliphatic carbocycles. The molecular formula is C11H8F3NO2S2. The van der Waals surface area contributed by atoms with Crippen LogP contribution < -0.4 is 0 Å². The van der Waals surface area contributed by atoms with Crippen LogP contribution in [-0.2, 0) is 10.9 Å². The second kappa shape index (κ2) is 4.93. The summed E-state index contributed by atoms with van der Waals surface area (Å²) in [5.41, 5.74) is 1.19. The lowest BCUT2D eigenvalue weighted by Gasteiger charge is -2.01. The Labute approximate surface area is 114 Å². The maximum atomic E-state index is 12.5.